The Morgan fingerprint density at radius 2 is 2.09 bits per heavy atom. The van der Waals surface area contributed by atoms with Crippen LogP contribution in [0.1, 0.15) is 6.92 Å². The number of carbonyl (C=O) groups excluding carboxylic acids is 1. The molecular formula is C7H14N2O2. The van der Waals surface area contributed by atoms with Crippen molar-refractivity contribution in [2.24, 2.45) is 0 Å². The molecule has 0 spiro atoms. The molecule has 64 valence electrons. The number of rotatable bonds is 2. The molecule has 0 aromatic carbocycles. The summed E-state index contributed by atoms with van der Waals surface area (Å²) in [5, 5.41) is 8.19. The molecule has 4 heteroatoms. The van der Waals surface area contributed by atoms with Crippen LogP contribution in [0.2, 0.25) is 0 Å². The van der Waals surface area contributed by atoms with Gasteiger partial charge in [0.1, 0.15) is 5.70 Å². The quantitative estimate of drug-likeness (QED) is 0.350. The number of methoxy groups -OCH3 is 1. The van der Waals surface area contributed by atoms with Gasteiger partial charge in [-0.1, -0.05) is 6.08 Å². The van der Waals surface area contributed by atoms with E-state index >= 15 is 0 Å². The number of hydrogen-bond donors (Lipinski definition) is 2. The maximum atomic E-state index is 10.6. The molecule has 0 radical (unpaired) electrons. The number of carbonyl (C=O) groups is 1. The van der Waals surface area contributed by atoms with Crippen molar-refractivity contribution >= 4 is 12.7 Å². The van der Waals surface area contributed by atoms with Gasteiger partial charge in [0.25, 0.3) is 0 Å². The maximum absolute atomic E-state index is 10.6. The van der Waals surface area contributed by atoms with Crippen LogP contribution in [0.25, 0.3) is 0 Å². The SMILES string of the molecule is C/C=C(\NC)C(=O)OC.C=N. The van der Waals surface area contributed by atoms with Crippen LogP contribution in [0.15, 0.2) is 11.8 Å². The molecule has 0 saturated heterocycles. The van der Waals surface area contributed by atoms with E-state index in [-0.39, 0.29) is 5.97 Å². The summed E-state index contributed by atoms with van der Waals surface area (Å²) in [5.74, 6) is -0.333. The number of hydrogen-bond acceptors (Lipinski definition) is 4. The fraction of sp³-hybridized carbons (Fsp3) is 0.429. The van der Waals surface area contributed by atoms with E-state index in [0.717, 1.165) is 0 Å². The van der Waals surface area contributed by atoms with Crippen molar-refractivity contribution < 1.29 is 9.53 Å². The lowest BCUT2D eigenvalue weighted by atomic mass is 10.4. The molecule has 0 heterocycles. The lowest BCUT2D eigenvalue weighted by molar-refractivity contribution is -0.136. The molecule has 0 aromatic heterocycles. The van der Waals surface area contributed by atoms with Crippen LogP contribution in [0, 0.1) is 5.41 Å². The monoisotopic (exact) mass is 158 g/mol. The van der Waals surface area contributed by atoms with E-state index in [2.05, 4.69) is 16.8 Å². The van der Waals surface area contributed by atoms with E-state index in [1.165, 1.54) is 7.11 Å². The minimum Gasteiger partial charge on any atom is -0.464 e. The summed E-state index contributed by atoms with van der Waals surface area (Å²) in [6, 6.07) is 0. The first-order valence-electron chi connectivity index (χ1n) is 3.04. The average Bonchev–Trinajstić information content (AvgIpc) is 2.10. The van der Waals surface area contributed by atoms with E-state index < -0.39 is 0 Å². The second-order valence-electron chi connectivity index (χ2n) is 1.44. The summed E-state index contributed by atoms with van der Waals surface area (Å²) in [5.41, 5.74) is 0.484. The molecule has 0 fully saturated rings. The number of nitrogens with one attached hydrogen (secondary N) is 2. The van der Waals surface area contributed by atoms with Crippen LogP contribution >= 0.6 is 0 Å². The van der Waals surface area contributed by atoms with Crippen LogP contribution < -0.4 is 5.32 Å². The van der Waals surface area contributed by atoms with E-state index in [1.807, 2.05) is 0 Å². The summed E-state index contributed by atoms with van der Waals surface area (Å²) in [7, 11) is 3.02. The Labute approximate surface area is 66.8 Å². The Morgan fingerprint density at radius 1 is 1.64 bits per heavy atom. The van der Waals surface area contributed by atoms with Crippen molar-refractivity contribution in [3.05, 3.63) is 11.8 Å². The Hall–Kier alpha value is -1.32. The number of likely N-dealkylation sites (N-methyl/N-ethyl adjacent to an activating group) is 1. The fourth-order valence-corrected chi connectivity index (χ4v) is 0.474. The molecule has 0 saturated carbocycles. The lowest BCUT2D eigenvalue weighted by Crippen LogP contribution is -2.16. The predicted molar refractivity (Wildman–Crippen MR) is 44.7 cm³/mol. The number of esters is 1. The summed E-state index contributed by atoms with van der Waals surface area (Å²) >= 11 is 0. The van der Waals surface area contributed by atoms with Crippen molar-refractivity contribution in [2.45, 2.75) is 6.92 Å². The Kier molecular flexibility index (Phi) is 9.76. The minimum atomic E-state index is -0.333. The normalized spacial score (nSPS) is 9.18. The van der Waals surface area contributed by atoms with Crippen molar-refractivity contribution in [3.63, 3.8) is 0 Å². The molecule has 0 rings (SSSR count). The highest BCUT2D eigenvalue weighted by Crippen LogP contribution is 1.88. The van der Waals surface area contributed by atoms with Crippen molar-refractivity contribution in [2.75, 3.05) is 14.2 Å². The molecule has 0 aliphatic heterocycles. The summed E-state index contributed by atoms with van der Waals surface area (Å²) in [6.45, 7) is 4.27. The molecule has 0 atom stereocenters. The van der Waals surface area contributed by atoms with Gasteiger partial charge in [-0.15, -0.1) is 0 Å². The van der Waals surface area contributed by atoms with Gasteiger partial charge in [0.15, 0.2) is 0 Å². The maximum Gasteiger partial charge on any atom is 0.353 e. The Bertz CT molecular complexity index is 143. The van der Waals surface area contributed by atoms with Gasteiger partial charge in [0, 0.05) is 7.05 Å². The first kappa shape index (κ1) is 12.4. The van der Waals surface area contributed by atoms with E-state index in [0.29, 0.717) is 5.70 Å². The van der Waals surface area contributed by atoms with Gasteiger partial charge in [-0.25, -0.2) is 4.79 Å². The Balaban J connectivity index is 0. The van der Waals surface area contributed by atoms with Crippen LogP contribution in [0.4, 0.5) is 0 Å². The van der Waals surface area contributed by atoms with Gasteiger partial charge >= 0.3 is 5.97 Å². The van der Waals surface area contributed by atoms with Crippen LogP contribution in [0.5, 0.6) is 0 Å². The van der Waals surface area contributed by atoms with Crippen LogP contribution in [0.3, 0.4) is 0 Å². The van der Waals surface area contributed by atoms with Gasteiger partial charge in [-0.3, -0.25) is 0 Å². The molecular weight excluding hydrogens is 144 g/mol. The third-order valence-electron chi connectivity index (χ3n) is 0.963. The van der Waals surface area contributed by atoms with Crippen LogP contribution in [-0.4, -0.2) is 26.8 Å². The summed E-state index contributed by atoms with van der Waals surface area (Å²) < 4.78 is 4.42. The van der Waals surface area contributed by atoms with Crippen LogP contribution in [-0.2, 0) is 9.53 Å². The third-order valence-corrected chi connectivity index (χ3v) is 0.963. The van der Waals surface area contributed by atoms with Crippen molar-refractivity contribution in [1.29, 1.82) is 5.41 Å². The zero-order valence-corrected chi connectivity index (χ0v) is 7.10. The van der Waals surface area contributed by atoms with Crippen molar-refractivity contribution in [3.8, 4) is 0 Å². The molecule has 0 amide bonds. The van der Waals surface area contributed by atoms with Gasteiger partial charge in [-0.05, 0) is 13.6 Å². The van der Waals surface area contributed by atoms with E-state index in [1.54, 1.807) is 20.0 Å². The average molecular weight is 158 g/mol. The largest absolute Gasteiger partial charge is 0.464 e. The second-order valence-corrected chi connectivity index (χ2v) is 1.44. The zero-order chi connectivity index (χ0) is 9.28. The molecule has 0 aliphatic rings. The molecule has 11 heavy (non-hydrogen) atoms. The topological polar surface area (TPSA) is 62.2 Å². The Morgan fingerprint density at radius 3 is 2.18 bits per heavy atom. The minimum absolute atomic E-state index is 0.333. The molecule has 0 aromatic rings. The first-order valence-corrected chi connectivity index (χ1v) is 3.04. The van der Waals surface area contributed by atoms with E-state index in [4.69, 9.17) is 5.41 Å². The van der Waals surface area contributed by atoms with Gasteiger partial charge in [0.2, 0.25) is 0 Å². The standard InChI is InChI=1S/C6H11NO2.CH3N/c1-4-5(7-2)6(8)9-3;1-2/h4,7H,1-3H3;2H,1H2/b5-4-;. The smallest absolute Gasteiger partial charge is 0.353 e. The zero-order valence-electron chi connectivity index (χ0n) is 7.10. The highest BCUT2D eigenvalue weighted by Gasteiger charge is 2.02. The molecule has 2 N–H and O–H groups in total. The molecule has 4 nitrogen and oxygen atoms in total. The fourth-order valence-electron chi connectivity index (χ4n) is 0.474. The number of ether oxygens (including phenoxy) is 1. The number of allylic oxidation sites excluding steroid dienone is 1. The first-order chi connectivity index (χ1) is 5.26. The summed E-state index contributed by atoms with van der Waals surface area (Å²) in [4.78, 5) is 10.6. The van der Waals surface area contributed by atoms with Crippen molar-refractivity contribution in [1.82, 2.24) is 5.32 Å². The van der Waals surface area contributed by atoms with Gasteiger partial charge in [-0.2, -0.15) is 0 Å². The third kappa shape index (κ3) is 5.14. The lowest BCUT2D eigenvalue weighted by Gasteiger charge is -2.00. The van der Waals surface area contributed by atoms with E-state index in [9.17, 15) is 4.79 Å². The molecule has 0 aliphatic carbocycles. The summed E-state index contributed by atoms with van der Waals surface area (Å²) in [6.07, 6.45) is 1.66. The predicted octanol–water partition coefficient (Wildman–Crippen LogP) is 0.548. The molecule has 0 unspecified atom stereocenters. The second kappa shape index (κ2) is 8.68. The van der Waals surface area contributed by atoms with Gasteiger partial charge in [0.05, 0.1) is 7.11 Å². The molecule has 0 bridgehead atoms. The highest BCUT2D eigenvalue weighted by atomic mass is 16.5. The van der Waals surface area contributed by atoms with Gasteiger partial charge < -0.3 is 15.5 Å². The highest BCUT2D eigenvalue weighted by molar-refractivity contribution is 5.87.